The van der Waals surface area contributed by atoms with Crippen molar-refractivity contribution in [1.82, 2.24) is 19.9 Å². The molecule has 6 rings (SSSR count). The van der Waals surface area contributed by atoms with Crippen LogP contribution in [-0.4, -0.2) is 57.9 Å². The predicted molar refractivity (Wildman–Crippen MR) is 128 cm³/mol. The number of para-hydroxylation sites is 1. The third-order valence-corrected chi connectivity index (χ3v) is 7.74. The Kier molecular flexibility index (Phi) is 5.45. The maximum Gasteiger partial charge on any atom is 0.234 e. The Balaban J connectivity index is 1.40. The van der Waals surface area contributed by atoms with Gasteiger partial charge in [0.2, 0.25) is 5.91 Å². The van der Waals surface area contributed by atoms with Gasteiger partial charge >= 0.3 is 0 Å². The van der Waals surface area contributed by atoms with Gasteiger partial charge in [-0.05, 0) is 18.2 Å². The second kappa shape index (κ2) is 8.65. The van der Waals surface area contributed by atoms with Crippen molar-refractivity contribution < 1.29 is 18.7 Å². The fourth-order valence-electron chi connectivity index (χ4n) is 4.75. The molecule has 35 heavy (non-hydrogen) atoms. The molecule has 0 saturated carbocycles. The number of ether oxygens (including phenoxy) is 1. The minimum atomic E-state index is -1.03. The highest BCUT2D eigenvalue weighted by molar-refractivity contribution is 8.00. The molecule has 2 unspecified atom stereocenters. The number of fused-ring (bicyclic) bond motifs is 5. The summed E-state index contributed by atoms with van der Waals surface area (Å²) in [5.41, 5.74) is 1.66. The Bertz CT molecular complexity index is 1320. The number of pyridine rings is 1. The number of nitrogens with one attached hydrogen (secondary N) is 1. The second-order valence-corrected chi connectivity index (χ2v) is 9.86. The fraction of sp³-hybridized carbons (Fsp3) is 0.333. The first-order valence-electron chi connectivity index (χ1n) is 11.4. The molecule has 2 aromatic heterocycles. The van der Waals surface area contributed by atoms with Gasteiger partial charge < -0.3 is 24.4 Å². The highest BCUT2D eigenvalue weighted by Gasteiger charge is 2.50. The van der Waals surface area contributed by atoms with Crippen LogP contribution in [0.4, 0.5) is 21.7 Å². The van der Waals surface area contributed by atoms with Crippen LogP contribution in [0.1, 0.15) is 16.1 Å². The van der Waals surface area contributed by atoms with Crippen LogP contribution in [0, 0.1) is 11.7 Å². The number of imidazole rings is 1. The number of ketones is 1. The Morgan fingerprint density at radius 1 is 1.26 bits per heavy atom. The molecule has 0 bridgehead atoms. The number of benzene rings is 1. The lowest BCUT2D eigenvalue weighted by Gasteiger charge is -2.37. The smallest absolute Gasteiger partial charge is 0.234 e. The van der Waals surface area contributed by atoms with E-state index in [0.717, 1.165) is 10.6 Å². The number of hydrogen-bond donors (Lipinski definition) is 1. The lowest BCUT2D eigenvalue weighted by molar-refractivity contribution is -0.123. The summed E-state index contributed by atoms with van der Waals surface area (Å²) >= 11 is 1.45. The van der Waals surface area contributed by atoms with Crippen molar-refractivity contribution in [3.05, 3.63) is 59.9 Å². The van der Waals surface area contributed by atoms with E-state index in [9.17, 15) is 9.59 Å². The zero-order chi connectivity index (χ0) is 24.1. The normalized spacial score (nSPS) is 20.9. The SMILES string of the molecule is Cn1cnc(CNC(=O)C2C(=O)c3cc(F)c(N4CCOCC4)nc3N3c4ccccc4SC23)c1. The molecule has 0 spiro atoms. The number of hydrogen-bond acceptors (Lipinski definition) is 8. The average Bonchev–Trinajstić information content (AvgIpc) is 3.46. The van der Waals surface area contributed by atoms with Gasteiger partial charge in [0.15, 0.2) is 17.4 Å². The van der Waals surface area contributed by atoms with Crippen LogP contribution >= 0.6 is 11.8 Å². The number of thioether (sulfide) groups is 1. The molecular weight excluding hydrogens is 471 g/mol. The molecule has 3 aromatic rings. The molecule has 2 atom stereocenters. The summed E-state index contributed by atoms with van der Waals surface area (Å²) in [4.78, 5) is 40.6. The predicted octanol–water partition coefficient (Wildman–Crippen LogP) is 2.49. The summed E-state index contributed by atoms with van der Waals surface area (Å²) in [5.74, 6) is -1.87. The first-order chi connectivity index (χ1) is 17.0. The van der Waals surface area contributed by atoms with E-state index in [1.165, 1.54) is 17.8 Å². The number of aromatic nitrogens is 3. The van der Waals surface area contributed by atoms with Crippen LogP contribution in [0.5, 0.6) is 0 Å². The molecule has 1 N–H and O–H groups in total. The van der Waals surface area contributed by atoms with E-state index in [2.05, 4.69) is 15.3 Å². The van der Waals surface area contributed by atoms with Gasteiger partial charge in [-0.1, -0.05) is 23.9 Å². The molecule has 5 heterocycles. The number of nitrogens with zero attached hydrogens (tertiary/aromatic N) is 5. The first kappa shape index (κ1) is 22.1. The molecule has 11 heteroatoms. The largest absolute Gasteiger partial charge is 0.378 e. The zero-order valence-corrected chi connectivity index (χ0v) is 19.8. The topological polar surface area (TPSA) is 92.6 Å². The Labute approximate surface area is 205 Å². The number of aryl methyl sites for hydroxylation is 1. The van der Waals surface area contributed by atoms with Crippen molar-refractivity contribution in [2.45, 2.75) is 16.8 Å². The van der Waals surface area contributed by atoms with Crippen molar-refractivity contribution in [3.63, 3.8) is 0 Å². The summed E-state index contributed by atoms with van der Waals surface area (Å²) in [6, 6.07) is 8.94. The van der Waals surface area contributed by atoms with Crippen LogP contribution in [0.3, 0.4) is 0 Å². The number of morpholine rings is 1. The molecule has 3 aliphatic rings. The molecule has 9 nitrogen and oxygen atoms in total. The van der Waals surface area contributed by atoms with Crippen LogP contribution in [0.25, 0.3) is 0 Å². The van der Waals surface area contributed by atoms with Crippen molar-refractivity contribution >= 4 is 40.8 Å². The maximum absolute atomic E-state index is 15.2. The Morgan fingerprint density at radius 2 is 2.06 bits per heavy atom. The van der Waals surface area contributed by atoms with Crippen molar-refractivity contribution in [1.29, 1.82) is 0 Å². The summed E-state index contributed by atoms with van der Waals surface area (Å²) < 4.78 is 22.4. The van der Waals surface area contributed by atoms with Crippen LogP contribution in [0.15, 0.2) is 47.8 Å². The number of carbonyl (C=O) groups is 2. The molecule has 1 amide bonds. The van der Waals surface area contributed by atoms with E-state index in [-0.39, 0.29) is 17.9 Å². The third-order valence-electron chi connectivity index (χ3n) is 6.42. The van der Waals surface area contributed by atoms with E-state index < -0.39 is 28.8 Å². The lowest BCUT2D eigenvalue weighted by atomic mass is 9.91. The van der Waals surface area contributed by atoms with Gasteiger partial charge in [0.1, 0.15) is 17.1 Å². The van der Waals surface area contributed by atoms with Crippen LogP contribution in [-0.2, 0) is 23.1 Å². The average molecular weight is 495 g/mol. The number of carbonyl (C=O) groups excluding carboxylic acids is 2. The van der Waals surface area contributed by atoms with Gasteiger partial charge in [0, 0.05) is 31.2 Å². The van der Waals surface area contributed by atoms with Crippen LogP contribution in [0.2, 0.25) is 0 Å². The van der Waals surface area contributed by atoms with Gasteiger partial charge in [0.25, 0.3) is 0 Å². The number of halogens is 1. The quantitative estimate of drug-likeness (QED) is 0.553. The molecule has 1 aromatic carbocycles. The molecule has 180 valence electrons. The standard InChI is InChI=1S/C24H23FN6O3S/c1-29-12-14(27-13-29)11-26-23(33)19-20(32)15-10-16(25)22(30-6-8-34-9-7-30)28-21(15)31-17-4-2-3-5-18(17)35-24(19)31/h2-5,10,12-13,19,24H,6-9,11H2,1H3,(H,26,33). The summed E-state index contributed by atoms with van der Waals surface area (Å²) in [7, 11) is 1.84. The zero-order valence-electron chi connectivity index (χ0n) is 19.0. The third kappa shape index (κ3) is 3.75. The van der Waals surface area contributed by atoms with E-state index in [0.29, 0.717) is 37.8 Å². The summed E-state index contributed by atoms with van der Waals surface area (Å²) in [6.45, 7) is 2.21. The minimum Gasteiger partial charge on any atom is -0.378 e. The van der Waals surface area contributed by atoms with Gasteiger partial charge in [-0.2, -0.15) is 0 Å². The monoisotopic (exact) mass is 494 g/mol. The number of amides is 1. The van der Waals surface area contributed by atoms with Crippen molar-refractivity contribution in [2.75, 3.05) is 36.1 Å². The van der Waals surface area contributed by atoms with E-state index in [1.807, 2.05) is 41.1 Å². The molecule has 0 radical (unpaired) electrons. The lowest BCUT2D eigenvalue weighted by Crippen LogP contribution is -2.50. The van der Waals surface area contributed by atoms with Crippen molar-refractivity contribution in [2.24, 2.45) is 13.0 Å². The molecule has 1 saturated heterocycles. The van der Waals surface area contributed by atoms with Gasteiger partial charge in [0.05, 0.1) is 43.0 Å². The molecular formula is C24H23FN6O3S. The minimum absolute atomic E-state index is 0.117. The molecule has 0 aliphatic carbocycles. The first-order valence-corrected chi connectivity index (χ1v) is 12.3. The number of Topliss-reactive ketones (excluding diaryl/α,β-unsaturated/α-hetero) is 1. The van der Waals surface area contributed by atoms with Gasteiger partial charge in [-0.3, -0.25) is 9.59 Å². The molecule has 3 aliphatic heterocycles. The van der Waals surface area contributed by atoms with Gasteiger partial charge in [-0.25, -0.2) is 14.4 Å². The number of anilines is 3. The number of rotatable bonds is 4. The maximum atomic E-state index is 15.2. The summed E-state index contributed by atoms with van der Waals surface area (Å²) in [6.07, 6.45) is 3.45. The highest BCUT2D eigenvalue weighted by atomic mass is 32.2. The highest BCUT2D eigenvalue weighted by Crippen LogP contribution is 2.53. The Morgan fingerprint density at radius 3 is 2.83 bits per heavy atom. The van der Waals surface area contributed by atoms with E-state index in [4.69, 9.17) is 4.74 Å². The Hall–Kier alpha value is -3.44. The second-order valence-electron chi connectivity index (χ2n) is 8.70. The fourth-order valence-corrected chi connectivity index (χ4v) is 6.16. The molecule has 1 fully saturated rings. The van der Waals surface area contributed by atoms with Gasteiger partial charge in [-0.15, -0.1) is 0 Å². The summed E-state index contributed by atoms with van der Waals surface area (Å²) in [5, 5.41) is 2.33. The van der Waals surface area contributed by atoms with E-state index >= 15 is 4.39 Å². The van der Waals surface area contributed by atoms with Crippen molar-refractivity contribution in [3.8, 4) is 0 Å². The van der Waals surface area contributed by atoms with E-state index in [1.54, 1.807) is 17.1 Å². The van der Waals surface area contributed by atoms with Crippen LogP contribution < -0.4 is 15.1 Å².